The molecule has 0 unspecified atom stereocenters. The lowest BCUT2D eigenvalue weighted by atomic mass is 9.95. The molecule has 0 aliphatic carbocycles. The van der Waals surface area contributed by atoms with Crippen LogP contribution in [0.1, 0.15) is 33.6 Å². The zero-order valence-electron chi connectivity index (χ0n) is 17.4. The number of ether oxygens (including phenoxy) is 1. The van der Waals surface area contributed by atoms with Crippen molar-refractivity contribution in [3.05, 3.63) is 52.9 Å². The van der Waals surface area contributed by atoms with Crippen molar-refractivity contribution in [3.63, 3.8) is 0 Å². The summed E-state index contributed by atoms with van der Waals surface area (Å²) in [5.74, 6) is 0.391. The van der Waals surface area contributed by atoms with E-state index < -0.39 is 11.5 Å². The predicted molar refractivity (Wildman–Crippen MR) is 113 cm³/mol. The van der Waals surface area contributed by atoms with E-state index in [0.717, 1.165) is 0 Å². The Morgan fingerprint density at radius 2 is 1.73 bits per heavy atom. The number of likely N-dealkylation sites (tertiary alicyclic amines) is 1. The van der Waals surface area contributed by atoms with E-state index in [0.29, 0.717) is 43.1 Å². The van der Waals surface area contributed by atoms with Crippen LogP contribution < -0.4 is 15.6 Å². The van der Waals surface area contributed by atoms with Crippen LogP contribution in [0.2, 0.25) is 0 Å². The smallest absolute Gasteiger partial charge is 0.407 e. The lowest BCUT2D eigenvalue weighted by Crippen LogP contribution is -2.41. The van der Waals surface area contributed by atoms with E-state index >= 15 is 0 Å². The standard InChI is InChI=1S/C22H27N3O5/c1-22(2,3)20(27)23-15-4-6-16(7-5-15)25-13-10-18(14-19(25)26)30-17-8-11-24(12-9-17)21(28)29/h4-7,10,13-14,17H,8-9,11-12H2,1-3H3,(H,23,27)(H,28,29). The summed E-state index contributed by atoms with van der Waals surface area (Å²) in [7, 11) is 0. The van der Waals surface area contributed by atoms with E-state index in [1.54, 1.807) is 36.5 Å². The summed E-state index contributed by atoms with van der Waals surface area (Å²) >= 11 is 0. The molecule has 2 aromatic rings. The molecule has 8 nitrogen and oxygen atoms in total. The second-order valence-corrected chi connectivity index (χ2v) is 8.41. The molecule has 0 spiro atoms. The van der Waals surface area contributed by atoms with Gasteiger partial charge in [0.2, 0.25) is 5.91 Å². The molecule has 30 heavy (non-hydrogen) atoms. The lowest BCUT2D eigenvalue weighted by Gasteiger charge is -2.30. The van der Waals surface area contributed by atoms with E-state index in [-0.39, 0.29) is 17.6 Å². The van der Waals surface area contributed by atoms with E-state index in [4.69, 9.17) is 9.84 Å². The maximum atomic E-state index is 12.5. The Balaban J connectivity index is 1.65. The van der Waals surface area contributed by atoms with Gasteiger partial charge in [-0.1, -0.05) is 20.8 Å². The van der Waals surface area contributed by atoms with Crippen LogP contribution >= 0.6 is 0 Å². The van der Waals surface area contributed by atoms with Crippen LogP contribution in [0.5, 0.6) is 5.75 Å². The van der Waals surface area contributed by atoms with Crippen LogP contribution in [0.4, 0.5) is 10.5 Å². The maximum Gasteiger partial charge on any atom is 0.407 e. The molecule has 1 aromatic heterocycles. The van der Waals surface area contributed by atoms with Crippen molar-refractivity contribution in [1.82, 2.24) is 9.47 Å². The topological polar surface area (TPSA) is 101 Å². The number of carbonyl (C=O) groups excluding carboxylic acids is 1. The number of hydrogen-bond donors (Lipinski definition) is 2. The van der Waals surface area contributed by atoms with E-state index in [9.17, 15) is 14.4 Å². The van der Waals surface area contributed by atoms with Gasteiger partial charge in [-0.2, -0.15) is 0 Å². The van der Waals surface area contributed by atoms with Gasteiger partial charge in [-0.25, -0.2) is 4.79 Å². The third-order valence-electron chi connectivity index (χ3n) is 4.99. The van der Waals surface area contributed by atoms with Crippen molar-refractivity contribution < 1.29 is 19.4 Å². The predicted octanol–water partition coefficient (Wildman–Crippen LogP) is 3.34. The first kappa shape index (κ1) is 21.4. The quantitative estimate of drug-likeness (QED) is 0.801. The highest BCUT2D eigenvalue weighted by atomic mass is 16.5. The highest BCUT2D eigenvalue weighted by Gasteiger charge is 2.23. The summed E-state index contributed by atoms with van der Waals surface area (Å²) in [6, 6.07) is 10.2. The largest absolute Gasteiger partial charge is 0.490 e. The molecular formula is C22H27N3O5. The fourth-order valence-electron chi connectivity index (χ4n) is 3.13. The highest BCUT2D eigenvalue weighted by molar-refractivity contribution is 5.94. The second-order valence-electron chi connectivity index (χ2n) is 8.41. The minimum Gasteiger partial charge on any atom is -0.490 e. The van der Waals surface area contributed by atoms with Crippen molar-refractivity contribution in [1.29, 1.82) is 0 Å². The number of piperidine rings is 1. The first-order chi connectivity index (χ1) is 14.1. The number of aromatic nitrogens is 1. The van der Waals surface area contributed by atoms with Crippen LogP contribution in [0.15, 0.2) is 47.4 Å². The number of carboxylic acid groups (broad SMARTS) is 1. The number of carbonyl (C=O) groups is 2. The van der Waals surface area contributed by atoms with Gasteiger partial charge in [0, 0.05) is 55.0 Å². The van der Waals surface area contributed by atoms with E-state index in [1.807, 2.05) is 20.8 Å². The van der Waals surface area contributed by atoms with Gasteiger partial charge in [0.1, 0.15) is 11.9 Å². The Morgan fingerprint density at radius 3 is 2.27 bits per heavy atom. The van der Waals surface area contributed by atoms with Gasteiger partial charge in [0.05, 0.1) is 0 Å². The summed E-state index contributed by atoms with van der Waals surface area (Å²) in [5, 5.41) is 11.9. The van der Waals surface area contributed by atoms with Crippen molar-refractivity contribution in [2.45, 2.75) is 39.7 Å². The number of hydrogen-bond acceptors (Lipinski definition) is 4. The molecule has 0 bridgehead atoms. The second kappa shape index (κ2) is 8.61. The number of pyridine rings is 1. The van der Waals surface area contributed by atoms with Crippen LogP contribution in [0, 0.1) is 5.41 Å². The lowest BCUT2D eigenvalue weighted by molar-refractivity contribution is -0.123. The normalized spacial score (nSPS) is 15.0. The molecule has 2 amide bonds. The fraction of sp³-hybridized carbons (Fsp3) is 0.409. The highest BCUT2D eigenvalue weighted by Crippen LogP contribution is 2.20. The summed E-state index contributed by atoms with van der Waals surface area (Å²) in [6.45, 7) is 6.38. The van der Waals surface area contributed by atoms with Crippen molar-refractivity contribution >= 4 is 17.7 Å². The molecular weight excluding hydrogens is 386 g/mol. The van der Waals surface area contributed by atoms with Gasteiger partial charge in [-0.05, 0) is 30.3 Å². The van der Waals surface area contributed by atoms with Gasteiger partial charge in [0.25, 0.3) is 5.56 Å². The van der Waals surface area contributed by atoms with Crippen LogP contribution in [0.3, 0.4) is 0 Å². The molecule has 2 heterocycles. The SMILES string of the molecule is CC(C)(C)C(=O)Nc1ccc(-n2ccc(OC3CCN(C(=O)O)CC3)cc2=O)cc1. The minimum absolute atomic E-state index is 0.0805. The molecule has 0 radical (unpaired) electrons. The third kappa shape index (κ3) is 5.20. The average molecular weight is 413 g/mol. The van der Waals surface area contributed by atoms with Gasteiger partial charge in [-0.15, -0.1) is 0 Å². The van der Waals surface area contributed by atoms with Gasteiger partial charge in [0.15, 0.2) is 0 Å². The van der Waals surface area contributed by atoms with Crippen molar-refractivity contribution in [2.24, 2.45) is 5.41 Å². The Morgan fingerprint density at radius 1 is 1.10 bits per heavy atom. The maximum absolute atomic E-state index is 12.5. The number of nitrogens with one attached hydrogen (secondary N) is 1. The number of benzene rings is 1. The van der Waals surface area contributed by atoms with Gasteiger partial charge in [-0.3, -0.25) is 14.2 Å². The van der Waals surface area contributed by atoms with Crippen LogP contribution in [-0.4, -0.2) is 45.8 Å². The molecule has 1 fully saturated rings. The molecule has 1 aliphatic heterocycles. The van der Waals surface area contributed by atoms with Crippen molar-refractivity contribution in [2.75, 3.05) is 18.4 Å². The van der Waals surface area contributed by atoms with Gasteiger partial charge < -0.3 is 20.1 Å². The Labute approximate surface area is 175 Å². The fourth-order valence-corrected chi connectivity index (χ4v) is 3.13. The first-order valence-electron chi connectivity index (χ1n) is 9.92. The Kier molecular flexibility index (Phi) is 6.14. The Hall–Kier alpha value is -3.29. The summed E-state index contributed by atoms with van der Waals surface area (Å²) in [5.41, 5.74) is 0.617. The summed E-state index contributed by atoms with van der Waals surface area (Å²) in [4.78, 5) is 37.0. The molecule has 1 aliphatic rings. The molecule has 3 rings (SSSR count). The molecule has 0 saturated carbocycles. The van der Waals surface area contributed by atoms with E-state index in [1.165, 1.54) is 15.5 Å². The first-order valence-corrected chi connectivity index (χ1v) is 9.92. The van der Waals surface area contributed by atoms with E-state index in [2.05, 4.69) is 5.32 Å². The monoisotopic (exact) mass is 413 g/mol. The molecule has 8 heteroatoms. The molecule has 2 N–H and O–H groups in total. The zero-order chi connectivity index (χ0) is 21.9. The average Bonchev–Trinajstić information content (AvgIpc) is 2.68. The van der Waals surface area contributed by atoms with Gasteiger partial charge >= 0.3 is 6.09 Å². The number of rotatable bonds is 4. The van der Waals surface area contributed by atoms with Crippen molar-refractivity contribution in [3.8, 4) is 11.4 Å². The minimum atomic E-state index is -0.917. The number of nitrogens with zero attached hydrogens (tertiary/aromatic N) is 2. The third-order valence-corrected chi connectivity index (χ3v) is 4.99. The number of amides is 2. The zero-order valence-corrected chi connectivity index (χ0v) is 17.4. The molecule has 1 saturated heterocycles. The molecule has 1 aromatic carbocycles. The molecule has 160 valence electrons. The number of anilines is 1. The van der Waals surface area contributed by atoms with Crippen LogP contribution in [-0.2, 0) is 4.79 Å². The summed E-state index contributed by atoms with van der Waals surface area (Å²) in [6.07, 6.45) is 1.81. The Bertz CT molecular complexity index is 968. The van der Waals surface area contributed by atoms with Crippen LogP contribution in [0.25, 0.3) is 5.69 Å². The summed E-state index contributed by atoms with van der Waals surface area (Å²) < 4.78 is 7.36. The molecule has 0 atom stereocenters.